The Morgan fingerprint density at radius 3 is 2.61 bits per heavy atom. The number of aromatic nitrogens is 1. The van der Waals surface area contributed by atoms with Crippen LogP contribution in [0.4, 0.5) is 5.69 Å². The van der Waals surface area contributed by atoms with Gasteiger partial charge in [-0.25, -0.2) is 0 Å². The van der Waals surface area contributed by atoms with Crippen LogP contribution in [0.1, 0.15) is 11.1 Å². The van der Waals surface area contributed by atoms with Gasteiger partial charge in [0.1, 0.15) is 12.3 Å². The molecule has 0 fully saturated rings. The van der Waals surface area contributed by atoms with E-state index in [1.165, 1.54) is 0 Å². The number of nitrogens with one attached hydrogen (secondary N) is 1. The number of benzene rings is 2. The average molecular weight is 379 g/mol. The van der Waals surface area contributed by atoms with E-state index in [-0.39, 0.29) is 25.0 Å². The number of aryl methyl sites for hydroxylation is 2. The van der Waals surface area contributed by atoms with Crippen LogP contribution in [0.25, 0.3) is 10.9 Å². The van der Waals surface area contributed by atoms with Crippen molar-refractivity contribution in [2.75, 3.05) is 26.0 Å². The van der Waals surface area contributed by atoms with Crippen LogP contribution in [0.15, 0.2) is 48.7 Å². The van der Waals surface area contributed by atoms with Crippen LogP contribution in [0.2, 0.25) is 0 Å². The molecule has 0 radical (unpaired) electrons. The van der Waals surface area contributed by atoms with E-state index in [1.807, 2.05) is 67.1 Å². The second-order valence-electron chi connectivity index (χ2n) is 7.11. The van der Waals surface area contributed by atoms with Gasteiger partial charge in [-0.3, -0.25) is 9.59 Å². The number of hydrogen-bond donors (Lipinski definition) is 1. The Labute approximate surface area is 164 Å². The first kappa shape index (κ1) is 19.5. The van der Waals surface area contributed by atoms with Gasteiger partial charge in [-0.2, -0.15) is 0 Å². The Kier molecular flexibility index (Phi) is 5.68. The minimum atomic E-state index is -0.220. The largest absolute Gasteiger partial charge is 0.483 e. The molecule has 0 bridgehead atoms. The summed E-state index contributed by atoms with van der Waals surface area (Å²) in [5.41, 5.74) is 3.72. The summed E-state index contributed by atoms with van der Waals surface area (Å²) in [6.07, 6.45) is 1.88. The maximum absolute atomic E-state index is 12.3. The molecule has 0 aliphatic rings. The van der Waals surface area contributed by atoms with Gasteiger partial charge in [0, 0.05) is 36.9 Å². The Morgan fingerprint density at radius 2 is 1.86 bits per heavy atom. The zero-order chi connectivity index (χ0) is 20.3. The fourth-order valence-corrected chi connectivity index (χ4v) is 2.91. The van der Waals surface area contributed by atoms with Gasteiger partial charge in [-0.1, -0.05) is 12.1 Å². The first-order valence-corrected chi connectivity index (χ1v) is 9.12. The van der Waals surface area contributed by atoms with E-state index in [2.05, 4.69) is 5.32 Å². The lowest BCUT2D eigenvalue weighted by molar-refractivity contribution is -0.129. The van der Waals surface area contributed by atoms with E-state index >= 15 is 0 Å². The normalized spacial score (nSPS) is 10.7. The molecule has 0 spiro atoms. The molecule has 0 aliphatic heterocycles. The van der Waals surface area contributed by atoms with E-state index in [9.17, 15) is 9.59 Å². The molecule has 0 aliphatic carbocycles. The molecule has 1 aromatic heterocycles. The van der Waals surface area contributed by atoms with E-state index < -0.39 is 0 Å². The molecule has 1 heterocycles. The fourth-order valence-electron chi connectivity index (χ4n) is 2.91. The zero-order valence-corrected chi connectivity index (χ0v) is 16.7. The molecule has 2 amide bonds. The summed E-state index contributed by atoms with van der Waals surface area (Å²) in [6, 6.07) is 13.5. The van der Waals surface area contributed by atoms with Gasteiger partial charge in [0.15, 0.2) is 6.61 Å². The summed E-state index contributed by atoms with van der Waals surface area (Å²) in [4.78, 5) is 25.8. The van der Waals surface area contributed by atoms with Crippen molar-refractivity contribution < 1.29 is 14.3 Å². The Morgan fingerprint density at radius 1 is 1.07 bits per heavy atom. The number of hydrogen-bond acceptors (Lipinski definition) is 3. The average Bonchev–Trinajstić information content (AvgIpc) is 3.04. The van der Waals surface area contributed by atoms with Crippen molar-refractivity contribution in [1.82, 2.24) is 9.47 Å². The highest BCUT2D eigenvalue weighted by Gasteiger charge is 2.10. The Hall–Kier alpha value is -3.28. The molecule has 6 nitrogen and oxygen atoms in total. The van der Waals surface area contributed by atoms with Crippen LogP contribution in [0, 0.1) is 13.8 Å². The molecular formula is C22H25N3O3. The minimum absolute atomic E-state index is 0.0264. The molecule has 146 valence electrons. The number of likely N-dealkylation sites (N-methyl/N-ethyl adjacent to an activating group) is 1. The van der Waals surface area contributed by atoms with Gasteiger partial charge in [0.25, 0.3) is 5.91 Å². The van der Waals surface area contributed by atoms with Crippen molar-refractivity contribution in [3.05, 3.63) is 59.8 Å². The molecule has 3 aromatic rings. The van der Waals surface area contributed by atoms with Crippen molar-refractivity contribution in [3.63, 3.8) is 0 Å². The van der Waals surface area contributed by atoms with Crippen molar-refractivity contribution in [1.29, 1.82) is 0 Å². The number of nitrogens with zero attached hydrogens (tertiary/aromatic N) is 2. The maximum Gasteiger partial charge on any atom is 0.262 e. The Bertz CT molecular complexity index is 1020. The topological polar surface area (TPSA) is 63.6 Å². The van der Waals surface area contributed by atoms with Gasteiger partial charge >= 0.3 is 0 Å². The number of amides is 2. The molecule has 28 heavy (non-hydrogen) atoms. The first-order valence-electron chi connectivity index (χ1n) is 9.12. The fraction of sp³-hybridized carbons (Fsp3) is 0.273. The van der Waals surface area contributed by atoms with Gasteiger partial charge < -0.3 is 19.5 Å². The SMILES string of the molecule is Cc1ccc(C)c(OCC(=O)Nc2ccc3c(ccn3CC(=O)N(C)C)c2)c1. The summed E-state index contributed by atoms with van der Waals surface area (Å²) in [5.74, 6) is 0.522. The smallest absolute Gasteiger partial charge is 0.262 e. The Balaban J connectivity index is 1.65. The summed E-state index contributed by atoms with van der Waals surface area (Å²) in [7, 11) is 3.48. The predicted octanol–water partition coefficient (Wildman–Crippen LogP) is 3.36. The zero-order valence-electron chi connectivity index (χ0n) is 16.7. The summed E-state index contributed by atoms with van der Waals surface area (Å²) < 4.78 is 7.55. The number of rotatable bonds is 6. The third-order valence-corrected chi connectivity index (χ3v) is 4.56. The second kappa shape index (κ2) is 8.17. The van der Waals surface area contributed by atoms with E-state index in [1.54, 1.807) is 19.0 Å². The molecule has 0 saturated carbocycles. The highest BCUT2D eigenvalue weighted by Crippen LogP contribution is 2.22. The lowest BCUT2D eigenvalue weighted by Crippen LogP contribution is -2.25. The summed E-state index contributed by atoms with van der Waals surface area (Å²) in [6.45, 7) is 4.17. The quantitative estimate of drug-likeness (QED) is 0.714. The summed E-state index contributed by atoms with van der Waals surface area (Å²) in [5, 5.41) is 3.82. The third kappa shape index (κ3) is 4.52. The number of fused-ring (bicyclic) bond motifs is 1. The van der Waals surface area contributed by atoms with Crippen LogP contribution >= 0.6 is 0 Å². The second-order valence-corrected chi connectivity index (χ2v) is 7.11. The van der Waals surface area contributed by atoms with E-state index in [0.717, 1.165) is 22.0 Å². The van der Waals surface area contributed by atoms with Crippen molar-refractivity contribution in [2.24, 2.45) is 0 Å². The lowest BCUT2D eigenvalue weighted by atomic mass is 10.1. The van der Waals surface area contributed by atoms with Crippen LogP contribution in [-0.2, 0) is 16.1 Å². The van der Waals surface area contributed by atoms with Crippen LogP contribution < -0.4 is 10.1 Å². The van der Waals surface area contributed by atoms with Crippen molar-refractivity contribution in [2.45, 2.75) is 20.4 Å². The molecule has 1 N–H and O–H groups in total. The maximum atomic E-state index is 12.3. The standard InChI is InChI=1S/C22H25N3O3/c1-15-5-6-16(2)20(11-15)28-14-21(26)23-18-7-8-19-17(12-18)9-10-25(19)13-22(27)24(3)4/h5-12H,13-14H2,1-4H3,(H,23,26). The third-order valence-electron chi connectivity index (χ3n) is 4.56. The van der Waals surface area contributed by atoms with Crippen LogP contribution in [0.5, 0.6) is 5.75 Å². The lowest BCUT2D eigenvalue weighted by Gasteiger charge is -2.12. The number of anilines is 1. The van der Waals surface area contributed by atoms with Gasteiger partial charge in [0.05, 0.1) is 0 Å². The highest BCUT2D eigenvalue weighted by atomic mass is 16.5. The van der Waals surface area contributed by atoms with Crippen molar-refractivity contribution >= 4 is 28.4 Å². The van der Waals surface area contributed by atoms with E-state index in [0.29, 0.717) is 11.4 Å². The highest BCUT2D eigenvalue weighted by molar-refractivity contribution is 5.95. The van der Waals surface area contributed by atoms with E-state index in [4.69, 9.17) is 4.74 Å². The van der Waals surface area contributed by atoms with Crippen molar-refractivity contribution in [3.8, 4) is 5.75 Å². The molecule has 0 saturated heterocycles. The molecule has 6 heteroatoms. The molecule has 0 atom stereocenters. The monoisotopic (exact) mass is 379 g/mol. The molecule has 3 rings (SSSR count). The van der Waals surface area contributed by atoms with Crippen LogP contribution in [0.3, 0.4) is 0 Å². The first-order chi connectivity index (χ1) is 13.3. The molecular weight excluding hydrogens is 354 g/mol. The van der Waals surface area contributed by atoms with Gasteiger partial charge in [-0.05, 0) is 55.3 Å². The molecule has 0 unspecified atom stereocenters. The molecule has 2 aromatic carbocycles. The number of carbonyl (C=O) groups excluding carboxylic acids is 2. The predicted molar refractivity (Wildman–Crippen MR) is 111 cm³/mol. The summed E-state index contributed by atoms with van der Waals surface area (Å²) >= 11 is 0. The van der Waals surface area contributed by atoms with Gasteiger partial charge in [0.2, 0.25) is 5.91 Å². The number of carbonyl (C=O) groups is 2. The van der Waals surface area contributed by atoms with Crippen LogP contribution in [-0.4, -0.2) is 42.0 Å². The number of ether oxygens (including phenoxy) is 1. The minimum Gasteiger partial charge on any atom is -0.483 e. The van der Waals surface area contributed by atoms with Gasteiger partial charge in [-0.15, -0.1) is 0 Å².